The van der Waals surface area contributed by atoms with Crippen molar-refractivity contribution in [3.05, 3.63) is 61.9 Å². The largest absolute Gasteiger partial charge is 0.478 e. The molecule has 7 heteroatoms. The first kappa shape index (κ1) is 15.7. The number of nitrogens with one attached hydrogen (secondary N) is 1. The summed E-state index contributed by atoms with van der Waals surface area (Å²) in [5.74, 6) is -2.57. The van der Waals surface area contributed by atoms with Gasteiger partial charge in [-0.1, -0.05) is 17.7 Å². The molecule has 2 aromatic carbocycles. The van der Waals surface area contributed by atoms with Crippen LogP contribution in [-0.4, -0.2) is 17.0 Å². The fraction of sp³-hybridized carbons (Fsp3) is 0. The number of anilines is 1. The lowest BCUT2D eigenvalue weighted by Gasteiger charge is -2.10. The van der Waals surface area contributed by atoms with E-state index in [0.717, 1.165) is 6.07 Å². The molecular formula is C14H8ClFINO3. The summed E-state index contributed by atoms with van der Waals surface area (Å²) in [5.41, 5.74) is 0.00238. The van der Waals surface area contributed by atoms with Crippen LogP contribution in [0.3, 0.4) is 0 Å². The van der Waals surface area contributed by atoms with Crippen molar-refractivity contribution >= 4 is 51.8 Å². The first-order valence-corrected chi connectivity index (χ1v) is 7.14. The highest BCUT2D eigenvalue weighted by Gasteiger charge is 2.17. The molecule has 0 heterocycles. The zero-order valence-electron chi connectivity index (χ0n) is 10.4. The van der Waals surface area contributed by atoms with Gasteiger partial charge in [0, 0.05) is 3.57 Å². The third-order valence-corrected chi connectivity index (χ3v) is 3.71. The highest BCUT2D eigenvalue weighted by atomic mass is 127. The van der Waals surface area contributed by atoms with Crippen molar-refractivity contribution in [1.82, 2.24) is 0 Å². The molecule has 0 saturated heterocycles. The van der Waals surface area contributed by atoms with Crippen molar-refractivity contribution in [2.24, 2.45) is 0 Å². The minimum atomic E-state index is -1.17. The van der Waals surface area contributed by atoms with Crippen LogP contribution in [0.2, 0.25) is 5.02 Å². The van der Waals surface area contributed by atoms with Gasteiger partial charge in [-0.25, -0.2) is 9.18 Å². The van der Waals surface area contributed by atoms with E-state index in [1.807, 2.05) is 22.6 Å². The number of carbonyl (C=O) groups is 2. The predicted octanol–water partition coefficient (Wildman–Crippen LogP) is 4.03. The first-order valence-electron chi connectivity index (χ1n) is 5.68. The average Bonchev–Trinajstić information content (AvgIpc) is 2.43. The highest BCUT2D eigenvalue weighted by molar-refractivity contribution is 14.1. The van der Waals surface area contributed by atoms with Crippen molar-refractivity contribution in [2.75, 3.05) is 5.32 Å². The van der Waals surface area contributed by atoms with E-state index in [1.54, 1.807) is 6.07 Å². The first-order chi connectivity index (χ1) is 9.90. The van der Waals surface area contributed by atoms with Crippen LogP contribution in [0, 0.1) is 9.39 Å². The Morgan fingerprint density at radius 3 is 2.57 bits per heavy atom. The SMILES string of the molecule is O=C(O)c1cc(I)ccc1NC(=O)c1cccc(F)c1Cl. The van der Waals surface area contributed by atoms with Gasteiger partial charge in [-0.3, -0.25) is 4.79 Å². The van der Waals surface area contributed by atoms with Crippen molar-refractivity contribution in [3.8, 4) is 0 Å². The maximum Gasteiger partial charge on any atom is 0.337 e. The van der Waals surface area contributed by atoms with E-state index >= 15 is 0 Å². The number of benzene rings is 2. The summed E-state index contributed by atoms with van der Waals surface area (Å²) >= 11 is 7.69. The molecule has 0 spiro atoms. The summed E-state index contributed by atoms with van der Waals surface area (Å²) in [7, 11) is 0. The van der Waals surface area contributed by atoms with E-state index in [2.05, 4.69) is 5.32 Å². The van der Waals surface area contributed by atoms with Crippen LogP contribution in [0.15, 0.2) is 36.4 Å². The molecule has 4 nitrogen and oxygen atoms in total. The van der Waals surface area contributed by atoms with Crippen LogP contribution in [0.5, 0.6) is 0 Å². The monoisotopic (exact) mass is 419 g/mol. The summed E-state index contributed by atoms with van der Waals surface area (Å²) < 4.78 is 14.0. The van der Waals surface area contributed by atoms with Gasteiger partial charge in [0.15, 0.2) is 0 Å². The number of halogens is 3. The maximum absolute atomic E-state index is 13.3. The van der Waals surface area contributed by atoms with Gasteiger partial charge in [-0.05, 0) is 52.9 Å². The Balaban J connectivity index is 2.36. The van der Waals surface area contributed by atoms with E-state index in [4.69, 9.17) is 16.7 Å². The Morgan fingerprint density at radius 1 is 1.19 bits per heavy atom. The molecule has 108 valence electrons. The molecule has 0 saturated carbocycles. The molecule has 21 heavy (non-hydrogen) atoms. The molecule has 0 aliphatic rings. The van der Waals surface area contributed by atoms with E-state index in [0.29, 0.717) is 3.57 Å². The fourth-order valence-electron chi connectivity index (χ4n) is 1.67. The lowest BCUT2D eigenvalue weighted by atomic mass is 10.1. The molecular weight excluding hydrogens is 412 g/mol. The molecule has 0 aliphatic heterocycles. The lowest BCUT2D eigenvalue weighted by molar-refractivity contribution is 0.0698. The normalized spacial score (nSPS) is 10.2. The maximum atomic E-state index is 13.3. The summed E-state index contributed by atoms with van der Waals surface area (Å²) in [6, 6.07) is 8.38. The van der Waals surface area contributed by atoms with Crippen molar-refractivity contribution < 1.29 is 19.1 Å². The Hall–Kier alpha value is -1.67. The van der Waals surface area contributed by atoms with E-state index in [9.17, 15) is 14.0 Å². The van der Waals surface area contributed by atoms with Crippen molar-refractivity contribution in [1.29, 1.82) is 0 Å². The van der Waals surface area contributed by atoms with Crippen LogP contribution < -0.4 is 5.32 Å². The quantitative estimate of drug-likeness (QED) is 0.738. The van der Waals surface area contributed by atoms with Crippen molar-refractivity contribution in [3.63, 3.8) is 0 Å². The number of hydrogen-bond acceptors (Lipinski definition) is 2. The van der Waals surface area contributed by atoms with Crippen LogP contribution >= 0.6 is 34.2 Å². The van der Waals surface area contributed by atoms with Gasteiger partial charge in [-0.15, -0.1) is 0 Å². The smallest absolute Gasteiger partial charge is 0.337 e. The lowest BCUT2D eigenvalue weighted by Crippen LogP contribution is -2.15. The van der Waals surface area contributed by atoms with Gasteiger partial charge in [-0.2, -0.15) is 0 Å². The summed E-state index contributed by atoms with van der Waals surface area (Å²) in [6.07, 6.45) is 0. The number of carbonyl (C=O) groups excluding carboxylic acids is 1. The standard InChI is InChI=1S/C14H8ClFINO3/c15-12-8(2-1-3-10(12)16)13(19)18-11-5-4-7(17)6-9(11)14(20)21/h1-6H,(H,18,19)(H,20,21). The summed E-state index contributed by atoms with van der Waals surface area (Å²) in [4.78, 5) is 23.3. The van der Waals surface area contributed by atoms with E-state index in [-0.39, 0.29) is 21.8 Å². The number of carboxylic acid groups (broad SMARTS) is 1. The minimum Gasteiger partial charge on any atom is -0.478 e. The molecule has 2 aromatic rings. The Kier molecular flexibility index (Phi) is 4.79. The second-order valence-electron chi connectivity index (χ2n) is 4.05. The van der Waals surface area contributed by atoms with Crippen LogP contribution in [0.1, 0.15) is 20.7 Å². The van der Waals surface area contributed by atoms with Gasteiger partial charge >= 0.3 is 5.97 Å². The second-order valence-corrected chi connectivity index (χ2v) is 5.67. The molecule has 0 fully saturated rings. The van der Waals surface area contributed by atoms with Gasteiger partial charge in [0.2, 0.25) is 0 Å². The topological polar surface area (TPSA) is 66.4 Å². The molecule has 0 aromatic heterocycles. The number of hydrogen-bond donors (Lipinski definition) is 2. The van der Waals surface area contributed by atoms with Gasteiger partial charge < -0.3 is 10.4 Å². The Morgan fingerprint density at radius 2 is 1.90 bits per heavy atom. The average molecular weight is 420 g/mol. The van der Waals surface area contributed by atoms with Gasteiger partial charge in [0.1, 0.15) is 5.82 Å². The zero-order chi connectivity index (χ0) is 15.6. The van der Waals surface area contributed by atoms with Gasteiger partial charge in [0.25, 0.3) is 5.91 Å². The molecule has 1 amide bonds. The number of carboxylic acids is 1. The van der Waals surface area contributed by atoms with Crippen LogP contribution in [-0.2, 0) is 0 Å². The molecule has 0 unspecified atom stereocenters. The number of amides is 1. The molecule has 2 N–H and O–H groups in total. The number of rotatable bonds is 3. The molecule has 0 bridgehead atoms. The zero-order valence-corrected chi connectivity index (χ0v) is 13.3. The molecule has 0 atom stereocenters. The summed E-state index contributed by atoms with van der Waals surface area (Å²) in [5, 5.41) is 11.3. The fourth-order valence-corrected chi connectivity index (χ4v) is 2.37. The highest BCUT2D eigenvalue weighted by Crippen LogP contribution is 2.23. The van der Waals surface area contributed by atoms with Crippen molar-refractivity contribution in [2.45, 2.75) is 0 Å². The van der Waals surface area contributed by atoms with E-state index in [1.165, 1.54) is 24.3 Å². The van der Waals surface area contributed by atoms with Crippen LogP contribution in [0.4, 0.5) is 10.1 Å². The second kappa shape index (κ2) is 6.40. The summed E-state index contributed by atoms with van der Waals surface area (Å²) in [6.45, 7) is 0. The Labute approximate surface area is 138 Å². The third kappa shape index (κ3) is 3.51. The molecule has 0 aliphatic carbocycles. The molecule has 0 radical (unpaired) electrons. The Bertz CT molecular complexity index is 736. The van der Waals surface area contributed by atoms with Gasteiger partial charge in [0.05, 0.1) is 21.8 Å². The van der Waals surface area contributed by atoms with E-state index < -0.39 is 17.7 Å². The molecule has 2 rings (SSSR count). The minimum absolute atomic E-state index is 0.0530. The van der Waals surface area contributed by atoms with Crippen LogP contribution in [0.25, 0.3) is 0 Å². The third-order valence-electron chi connectivity index (χ3n) is 2.66. The number of aromatic carboxylic acids is 1. The predicted molar refractivity (Wildman–Crippen MR) is 85.5 cm³/mol.